The molecule has 19 heavy (non-hydrogen) atoms. The molecule has 0 saturated heterocycles. The van der Waals surface area contributed by atoms with Gasteiger partial charge in [-0.05, 0) is 43.1 Å². The maximum atomic E-state index is 6.03. The molecule has 4 heteroatoms. The molecule has 1 N–H and O–H groups in total. The van der Waals surface area contributed by atoms with E-state index in [1.807, 2.05) is 6.07 Å². The van der Waals surface area contributed by atoms with Gasteiger partial charge in [0, 0.05) is 37.8 Å². The van der Waals surface area contributed by atoms with Crippen LogP contribution < -0.4 is 5.32 Å². The average Bonchev–Trinajstić information content (AvgIpc) is 2.78. The topological polar surface area (TPSA) is 24.5 Å². The highest BCUT2D eigenvalue weighted by Gasteiger charge is 2.20. The van der Waals surface area contributed by atoms with Crippen LogP contribution in [0.3, 0.4) is 0 Å². The SMILES string of the molecule is COCCN(C)CCNC1Cc2ccc(Cl)cc2C1. The molecule has 1 aromatic carbocycles. The van der Waals surface area contributed by atoms with Crippen LogP contribution in [0.2, 0.25) is 5.02 Å². The number of likely N-dealkylation sites (N-methyl/N-ethyl adjacent to an activating group) is 1. The van der Waals surface area contributed by atoms with Crippen LogP contribution in [0.1, 0.15) is 11.1 Å². The van der Waals surface area contributed by atoms with Gasteiger partial charge in [0.2, 0.25) is 0 Å². The molecule has 1 aliphatic carbocycles. The second-order valence-corrected chi connectivity index (χ2v) is 5.70. The van der Waals surface area contributed by atoms with Crippen LogP contribution in [-0.4, -0.2) is 51.3 Å². The number of methoxy groups -OCH3 is 1. The van der Waals surface area contributed by atoms with E-state index in [0.29, 0.717) is 6.04 Å². The fourth-order valence-electron chi connectivity index (χ4n) is 2.55. The lowest BCUT2D eigenvalue weighted by atomic mass is 10.1. The molecule has 1 unspecified atom stereocenters. The standard InChI is InChI=1S/C15H23ClN2O/c1-18(7-8-19-2)6-5-17-15-10-12-3-4-14(16)9-13(12)11-15/h3-4,9,15,17H,5-8,10-11H2,1-2H3. The molecule has 0 amide bonds. The molecule has 2 rings (SSSR count). The van der Waals surface area contributed by atoms with E-state index in [1.165, 1.54) is 11.1 Å². The van der Waals surface area contributed by atoms with E-state index < -0.39 is 0 Å². The zero-order chi connectivity index (χ0) is 13.7. The van der Waals surface area contributed by atoms with Crippen molar-refractivity contribution in [2.45, 2.75) is 18.9 Å². The summed E-state index contributed by atoms with van der Waals surface area (Å²) in [6, 6.07) is 6.80. The smallest absolute Gasteiger partial charge is 0.0589 e. The predicted molar refractivity (Wildman–Crippen MR) is 80.0 cm³/mol. The van der Waals surface area contributed by atoms with Crippen molar-refractivity contribution in [2.75, 3.05) is 40.4 Å². The third-order valence-corrected chi connectivity index (χ3v) is 3.94. The van der Waals surface area contributed by atoms with E-state index in [4.69, 9.17) is 16.3 Å². The molecule has 0 saturated carbocycles. The Balaban J connectivity index is 1.69. The fourth-order valence-corrected chi connectivity index (χ4v) is 2.74. The second kappa shape index (κ2) is 7.25. The molecule has 0 heterocycles. The first-order chi connectivity index (χ1) is 9.19. The Labute approximate surface area is 120 Å². The lowest BCUT2D eigenvalue weighted by molar-refractivity contribution is 0.161. The Hall–Kier alpha value is -0.610. The number of rotatable bonds is 7. The lowest BCUT2D eigenvalue weighted by Gasteiger charge is -2.18. The third kappa shape index (κ3) is 4.46. The van der Waals surface area contributed by atoms with Crippen molar-refractivity contribution >= 4 is 11.6 Å². The molecule has 106 valence electrons. The van der Waals surface area contributed by atoms with Gasteiger partial charge in [-0.15, -0.1) is 0 Å². The Morgan fingerprint density at radius 3 is 2.89 bits per heavy atom. The molecule has 1 atom stereocenters. The number of ether oxygens (including phenoxy) is 1. The molecule has 0 radical (unpaired) electrons. The predicted octanol–water partition coefficient (Wildman–Crippen LogP) is 1.98. The van der Waals surface area contributed by atoms with Crippen molar-refractivity contribution in [2.24, 2.45) is 0 Å². The van der Waals surface area contributed by atoms with Crippen LogP contribution in [-0.2, 0) is 17.6 Å². The first-order valence-electron chi connectivity index (χ1n) is 6.87. The maximum Gasteiger partial charge on any atom is 0.0589 e. The summed E-state index contributed by atoms with van der Waals surface area (Å²) in [5.41, 5.74) is 2.84. The Kier molecular flexibility index (Phi) is 5.64. The summed E-state index contributed by atoms with van der Waals surface area (Å²) in [6.45, 7) is 3.85. The number of nitrogens with one attached hydrogen (secondary N) is 1. The van der Waals surface area contributed by atoms with Gasteiger partial charge in [0.15, 0.2) is 0 Å². The summed E-state index contributed by atoms with van der Waals surface area (Å²) in [5, 5.41) is 4.48. The zero-order valence-electron chi connectivity index (χ0n) is 11.8. The van der Waals surface area contributed by atoms with Crippen LogP contribution in [0.25, 0.3) is 0 Å². The fraction of sp³-hybridized carbons (Fsp3) is 0.600. The van der Waals surface area contributed by atoms with E-state index in [-0.39, 0.29) is 0 Å². The average molecular weight is 283 g/mol. The third-order valence-electron chi connectivity index (χ3n) is 3.70. The number of benzene rings is 1. The van der Waals surface area contributed by atoms with Gasteiger partial charge < -0.3 is 15.0 Å². The summed E-state index contributed by atoms with van der Waals surface area (Å²) >= 11 is 6.03. The number of halogens is 1. The Bertz CT molecular complexity index is 411. The summed E-state index contributed by atoms with van der Waals surface area (Å²) in [7, 11) is 3.87. The Morgan fingerprint density at radius 1 is 1.32 bits per heavy atom. The minimum atomic E-state index is 0.560. The molecule has 0 bridgehead atoms. The second-order valence-electron chi connectivity index (χ2n) is 5.27. The minimum Gasteiger partial charge on any atom is -0.383 e. The minimum absolute atomic E-state index is 0.560. The van der Waals surface area contributed by atoms with Crippen molar-refractivity contribution in [3.8, 4) is 0 Å². The summed E-state index contributed by atoms with van der Waals surface area (Å²) in [4.78, 5) is 2.29. The highest BCUT2D eigenvalue weighted by atomic mass is 35.5. The molecular formula is C15H23ClN2O. The van der Waals surface area contributed by atoms with E-state index in [2.05, 4.69) is 29.4 Å². The highest BCUT2D eigenvalue weighted by molar-refractivity contribution is 6.30. The molecule has 0 fully saturated rings. The van der Waals surface area contributed by atoms with Crippen LogP contribution >= 0.6 is 11.6 Å². The number of nitrogens with zero attached hydrogens (tertiary/aromatic N) is 1. The molecule has 3 nitrogen and oxygen atoms in total. The molecule has 0 spiro atoms. The van der Waals surface area contributed by atoms with Gasteiger partial charge in [-0.25, -0.2) is 0 Å². The van der Waals surface area contributed by atoms with Crippen LogP contribution in [0.5, 0.6) is 0 Å². The quantitative estimate of drug-likeness (QED) is 0.828. The van der Waals surface area contributed by atoms with Crippen LogP contribution in [0.15, 0.2) is 18.2 Å². The van der Waals surface area contributed by atoms with E-state index in [0.717, 1.165) is 44.1 Å². The number of hydrogen-bond acceptors (Lipinski definition) is 3. The van der Waals surface area contributed by atoms with Gasteiger partial charge in [-0.1, -0.05) is 17.7 Å². The molecule has 0 aliphatic heterocycles. The molecular weight excluding hydrogens is 260 g/mol. The number of fused-ring (bicyclic) bond motifs is 1. The van der Waals surface area contributed by atoms with E-state index in [1.54, 1.807) is 7.11 Å². The molecule has 1 aliphatic rings. The van der Waals surface area contributed by atoms with Gasteiger partial charge in [0.1, 0.15) is 0 Å². The van der Waals surface area contributed by atoms with E-state index in [9.17, 15) is 0 Å². The molecule has 0 aromatic heterocycles. The normalized spacial score (nSPS) is 18.0. The van der Waals surface area contributed by atoms with Gasteiger partial charge >= 0.3 is 0 Å². The first-order valence-corrected chi connectivity index (χ1v) is 7.25. The van der Waals surface area contributed by atoms with Crippen molar-refractivity contribution < 1.29 is 4.74 Å². The van der Waals surface area contributed by atoms with Gasteiger partial charge in [-0.3, -0.25) is 0 Å². The van der Waals surface area contributed by atoms with Gasteiger partial charge in [-0.2, -0.15) is 0 Å². The molecule has 1 aromatic rings. The van der Waals surface area contributed by atoms with Crippen LogP contribution in [0.4, 0.5) is 0 Å². The summed E-state index contributed by atoms with van der Waals surface area (Å²) in [6.07, 6.45) is 2.21. The monoisotopic (exact) mass is 282 g/mol. The Morgan fingerprint density at radius 2 is 2.11 bits per heavy atom. The zero-order valence-corrected chi connectivity index (χ0v) is 12.5. The van der Waals surface area contributed by atoms with Crippen molar-refractivity contribution in [1.29, 1.82) is 0 Å². The van der Waals surface area contributed by atoms with Crippen LogP contribution in [0, 0.1) is 0 Å². The summed E-state index contributed by atoms with van der Waals surface area (Å²) in [5.74, 6) is 0. The lowest BCUT2D eigenvalue weighted by Crippen LogP contribution is -2.37. The summed E-state index contributed by atoms with van der Waals surface area (Å²) < 4.78 is 5.07. The van der Waals surface area contributed by atoms with E-state index >= 15 is 0 Å². The van der Waals surface area contributed by atoms with Crippen molar-refractivity contribution in [3.05, 3.63) is 34.3 Å². The largest absolute Gasteiger partial charge is 0.383 e. The first kappa shape index (κ1) is 14.8. The maximum absolute atomic E-state index is 6.03. The highest BCUT2D eigenvalue weighted by Crippen LogP contribution is 2.25. The number of hydrogen-bond donors (Lipinski definition) is 1. The van der Waals surface area contributed by atoms with Gasteiger partial charge in [0.25, 0.3) is 0 Å². The van der Waals surface area contributed by atoms with Gasteiger partial charge in [0.05, 0.1) is 6.61 Å². The van der Waals surface area contributed by atoms with Crippen molar-refractivity contribution in [1.82, 2.24) is 10.2 Å². The van der Waals surface area contributed by atoms with Crippen molar-refractivity contribution in [3.63, 3.8) is 0 Å².